The molecule has 5 rings (SSSR count). The number of pyridine rings is 2. The number of rotatable bonds is 11. The van der Waals surface area contributed by atoms with Crippen LogP contribution in [0, 0.1) is 5.92 Å². The molecule has 1 unspecified atom stereocenters. The van der Waals surface area contributed by atoms with Gasteiger partial charge >= 0.3 is 5.97 Å². The van der Waals surface area contributed by atoms with E-state index in [2.05, 4.69) is 27.3 Å². The van der Waals surface area contributed by atoms with Gasteiger partial charge in [0.1, 0.15) is 11.9 Å². The van der Waals surface area contributed by atoms with Gasteiger partial charge in [0.25, 0.3) is 0 Å². The second-order valence-electron chi connectivity index (χ2n) is 10.4. The smallest absolute Gasteiger partial charge is 0.325 e. The summed E-state index contributed by atoms with van der Waals surface area (Å²) in [7, 11) is 0. The normalized spacial score (nSPS) is 21.1. The Balaban J connectivity index is 1.05. The highest BCUT2D eigenvalue weighted by molar-refractivity contribution is 5.76. The maximum absolute atomic E-state index is 12.2. The fourth-order valence-electron chi connectivity index (χ4n) is 5.78. The van der Waals surface area contributed by atoms with E-state index in [1.807, 2.05) is 12.1 Å². The number of aryl methyl sites for hydroxylation is 2. The van der Waals surface area contributed by atoms with Crippen LogP contribution in [0.25, 0.3) is 0 Å². The number of carboxylic acid groups (broad SMARTS) is 1. The third-order valence-corrected chi connectivity index (χ3v) is 7.79. The second-order valence-corrected chi connectivity index (χ2v) is 10.4. The van der Waals surface area contributed by atoms with E-state index in [0.717, 1.165) is 68.8 Å². The first-order valence-corrected chi connectivity index (χ1v) is 13.3. The van der Waals surface area contributed by atoms with Crippen molar-refractivity contribution in [2.24, 2.45) is 5.92 Å². The molecular weight excluding hydrogens is 424 g/mol. The Morgan fingerprint density at radius 3 is 2.88 bits per heavy atom. The van der Waals surface area contributed by atoms with Crippen LogP contribution in [0.2, 0.25) is 0 Å². The number of fused-ring (bicyclic) bond motifs is 1. The van der Waals surface area contributed by atoms with Crippen LogP contribution in [-0.2, 0) is 17.6 Å². The minimum atomic E-state index is -0.735. The first kappa shape index (κ1) is 23.3. The van der Waals surface area contributed by atoms with Crippen molar-refractivity contribution >= 4 is 11.8 Å². The molecule has 2 aliphatic heterocycles. The van der Waals surface area contributed by atoms with E-state index in [9.17, 15) is 9.90 Å². The van der Waals surface area contributed by atoms with E-state index < -0.39 is 12.0 Å². The molecule has 6 heteroatoms. The van der Waals surface area contributed by atoms with Crippen LogP contribution in [0.4, 0.5) is 5.82 Å². The van der Waals surface area contributed by atoms with Gasteiger partial charge in [0.05, 0.1) is 0 Å². The number of hydrogen-bond donors (Lipinski definition) is 2. The lowest BCUT2D eigenvalue weighted by molar-refractivity contribution is -0.143. The number of unbranched alkanes of at least 4 members (excludes halogenated alkanes) is 3. The zero-order valence-electron chi connectivity index (χ0n) is 20.2. The van der Waals surface area contributed by atoms with E-state index in [-0.39, 0.29) is 0 Å². The first-order valence-electron chi connectivity index (χ1n) is 13.3. The Morgan fingerprint density at radius 1 is 1.15 bits per heavy atom. The molecule has 2 atom stereocenters. The Morgan fingerprint density at radius 2 is 2.03 bits per heavy atom. The van der Waals surface area contributed by atoms with Crippen LogP contribution in [0.1, 0.15) is 92.3 Å². The molecule has 1 saturated heterocycles. The number of anilines is 1. The maximum atomic E-state index is 12.2. The summed E-state index contributed by atoms with van der Waals surface area (Å²) in [6, 6.07) is 7.78. The summed E-state index contributed by atoms with van der Waals surface area (Å²) in [5.74, 6) is 1.44. The van der Waals surface area contributed by atoms with Crippen molar-refractivity contribution < 1.29 is 9.90 Å². The molecule has 6 nitrogen and oxygen atoms in total. The predicted octanol–water partition coefficient (Wildman–Crippen LogP) is 5.35. The monoisotopic (exact) mass is 462 g/mol. The Hall–Kier alpha value is -2.47. The Bertz CT molecular complexity index is 990. The fourth-order valence-corrected chi connectivity index (χ4v) is 5.78. The first-order chi connectivity index (χ1) is 16.7. The Kier molecular flexibility index (Phi) is 7.43. The van der Waals surface area contributed by atoms with Gasteiger partial charge in [-0.25, -0.2) is 4.98 Å². The predicted molar refractivity (Wildman–Crippen MR) is 134 cm³/mol. The summed E-state index contributed by atoms with van der Waals surface area (Å²) in [4.78, 5) is 23.8. The largest absolute Gasteiger partial charge is 0.480 e. The summed E-state index contributed by atoms with van der Waals surface area (Å²) in [5.41, 5.74) is 4.50. The third-order valence-electron chi connectivity index (χ3n) is 7.79. The molecule has 182 valence electrons. The molecule has 2 aromatic heterocycles. The van der Waals surface area contributed by atoms with E-state index >= 15 is 0 Å². The van der Waals surface area contributed by atoms with Crippen molar-refractivity contribution in [1.82, 2.24) is 14.9 Å². The molecule has 1 saturated carbocycles. The topological polar surface area (TPSA) is 78.3 Å². The van der Waals surface area contributed by atoms with Crippen LogP contribution >= 0.6 is 0 Å². The van der Waals surface area contributed by atoms with Gasteiger partial charge in [-0.2, -0.15) is 0 Å². The zero-order chi connectivity index (χ0) is 23.3. The molecule has 0 aromatic carbocycles. The quantitative estimate of drug-likeness (QED) is 0.438. The van der Waals surface area contributed by atoms with Crippen molar-refractivity contribution in [3.63, 3.8) is 0 Å². The van der Waals surface area contributed by atoms with E-state index in [1.54, 1.807) is 6.20 Å². The lowest BCUT2D eigenvalue weighted by Gasteiger charge is -2.26. The highest BCUT2D eigenvalue weighted by atomic mass is 16.4. The summed E-state index contributed by atoms with van der Waals surface area (Å²) in [6.07, 6.45) is 14.7. The van der Waals surface area contributed by atoms with E-state index in [1.165, 1.54) is 49.8 Å². The lowest BCUT2D eigenvalue weighted by Crippen LogP contribution is -2.33. The summed E-state index contributed by atoms with van der Waals surface area (Å²) in [6.45, 7) is 2.81. The van der Waals surface area contributed by atoms with Crippen LogP contribution in [0.5, 0.6) is 0 Å². The van der Waals surface area contributed by atoms with Gasteiger partial charge in [0.15, 0.2) is 0 Å². The Labute approximate surface area is 203 Å². The van der Waals surface area contributed by atoms with Crippen LogP contribution < -0.4 is 5.32 Å². The number of carboxylic acids is 1. The fraction of sp³-hybridized carbons (Fsp3) is 0.607. The number of aliphatic carboxylic acids is 1. The third kappa shape index (κ3) is 5.60. The minimum absolute atomic E-state index is 0.462. The van der Waals surface area contributed by atoms with Gasteiger partial charge in [-0.15, -0.1) is 0 Å². The van der Waals surface area contributed by atoms with Crippen molar-refractivity contribution in [3.05, 3.63) is 53.0 Å². The van der Waals surface area contributed by atoms with Crippen molar-refractivity contribution in [2.75, 3.05) is 25.0 Å². The minimum Gasteiger partial charge on any atom is -0.480 e. The van der Waals surface area contributed by atoms with Crippen LogP contribution in [-0.4, -0.2) is 45.6 Å². The van der Waals surface area contributed by atoms with Gasteiger partial charge in [0, 0.05) is 42.2 Å². The number of hydrogen-bond acceptors (Lipinski definition) is 5. The van der Waals surface area contributed by atoms with Crippen molar-refractivity contribution in [1.29, 1.82) is 0 Å². The van der Waals surface area contributed by atoms with Gasteiger partial charge in [-0.05, 0) is 81.5 Å². The number of carbonyl (C=O) groups is 1. The molecule has 4 heterocycles. The number of nitrogens with one attached hydrogen (secondary N) is 1. The average molecular weight is 463 g/mol. The summed E-state index contributed by atoms with van der Waals surface area (Å²) < 4.78 is 0. The average Bonchev–Trinajstić information content (AvgIpc) is 3.60. The molecule has 34 heavy (non-hydrogen) atoms. The maximum Gasteiger partial charge on any atom is 0.325 e. The molecule has 1 aliphatic carbocycles. The van der Waals surface area contributed by atoms with Gasteiger partial charge in [-0.1, -0.05) is 31.4 Å². The molecule has 0 spiro atoms. The molecule has 0 bridgehead atoms. The number of aromatic nitrogens is 2. The lowest BCUT2D eigenvalue weighted by atomic mass is 9.98. The van der Waals surface area contributed by atoms with Crippen molar-refractivity contribution in [3.8, 4) is 0 Å². The standard InChI is InChI=1S/C28H38N4O2/c33-28(34)26(24-10-6-16-29-25(24)21-11-12-21)32-18-15-20(19-32)7-3-1-2-4-9-23-14-13-22-8-5-17-30-27(22)31-23/h6,10,13-14,16,20-21,26H,1-5,7-9,11-12,15,17-19H2,(H,30,31)(H,33,34)/t20?,26-/m0/s1. The van der Waals surface area contributed by atoms with Gasteiger partial charge < -0.3 is 10.4 Å². The highest BCUT2D eigenvalue weighted by Gasteiger charge is 2.37. The van der Waals surface area contributed by atoms with Gasteiger partial charge in [0.2, 0.25) is 0 Å². The van der Waals surface area contributed by atoms with E-state index in [4.69, 9.17) is 4.98 Å². The van der Waals surface area contributed by atoms with Crippen LogP contribution in [0.3, 0.4) is 0 Å². The molecule has 2 aromatic rings. The molecule has 2 N–H and O–H groups in total. The highest BCUT2D eigenvalue weighted by Crippen LogP contribution is 2.43. The summed E-state index contributed by atoms with van der Waals surface area (Å²) in [5, 5.41) is 13.5. The molecule has 0 radical (unpaired) electrons. The molecule has 3 aliphatic rings. The molecule has 0 amide bonds. The molecule has 2 fully saturated rings. The second kappa shape index (κ2) is 10.9. The summed E-state index contributed by atoms with van der Waals surface area (Å²) >= 11 is 0. The molecular formula is C28H38N4O2. The number of nitrogens with zero attached hydrogens (tertiary/aromatic N) is 3. The van der Waals surface area contributed by atoms with Crippen LogP contribution in [0.15, 0.2) is 30.5 Å². The van der Waals surface area contributed by atoms with Gasteiger partial charge in [-0.3, -0.25) is 14.7 Å². The zero-order valence-corrected chi connectivity index (χ0v) is 20.2. The van der Waals surface area contributed by atoms with Crippen molar-refractivity contribution in [2.45, 2.75) is 82.6 Å². The SMILES string of the molecule is O=C(O)[C@H](c1cccnc1C1CC1)N1CCC(CCCCCCc2ccc3c(n2)NCCC3)C1. The number of likely N-dealkylation sites (tertiary alicyclic amines) is 1. The van der Waals surface area contributed by atoms with E-state index in [0.29, 0.717) is 11.8 Å².